The smallest absolute Gasteiger partial charge is 0.336 e. The van der Waals surface area contributed by atoms with Crippen molar-refractivity contribution in [3.05, 3.63) is 82.0 Å². The zero-order valence-electron chi connectivity index (χ0n) is 23.9. The third-order valence-corrected chi connectivity index (χ3v) is 7.14. The van der Waals surface area contributed by atoms with E-state index >= 15 is 0 Å². The van der Waals surface area contributed by atoms with E-state index in [0.29, 0.717) is 6.61 Å². The van der Waals surface area contributed by atoms with Crippen LogP contribution in [-0.2, 0) is 14.4 Å². The predicted octanol–water partition coefficient (Wildman–Crippen LogP) is 4.82. The molecule has 1 aromatic heterocycles. The molecule has 0 atom stereocenters. The number of thiophene rings is 1. The molecule has 1 heterocycles. The maximum atomic E-state index is 10.3. The van der Waals surface area contributed by atoms with Gasteiger partial charge in [-0.25, -0.2) is 4.79 Å². The fourth-order valence-electron chi connectivity index (χ4n) is 3.87. The maximum absolute atomic E-state index is 10.3. The van der Waals surface area contributed by atoms with Crippen LogP contribution in [0.3, 0.4) is 0 Å². The molecule has 0 spiro atoms. The van der Waals surface area contributed by atoms with E-state index in [-0.39, 0.29) is 0 Å². The molecule has 226 valence electrons. The van der Waals surface area contributed by atoms with Gasteiger partial charge in [0.15, 0.2) is 5.60 Å². The van der Waals surface area contributed by atoms with Crippen molar-refractivity contribution in [3.8, 4) is 11.5 Å². The zero-order chi connectivity index (χ0) is 31.1. The Labute approximate surface area is 249 Å². The number of carboxylic acids is 3. The Morgan fingerprint density at radius 3 is 1.90 bits per heavy atom. The minimum absolute atomic E-state index is 0.709. The first-order valence-corrected chi connectivity index (χ1v) is 14.1. The number of benzene rings is 2. The van der Waals surface area contributed by atoms with Crippen molar-refractivity contribution in [2.45, 2.75) is 32.3 Å². The van der Waals surface area contributed by atoms with Crippen LogP contribution >= 0.6 is 11.3 Å². The highest BCUT2D eigenvalue weighted by Gasteiger charge is 2.40. The van der Waals surface area contributed by atoms with Gasteiger partial charge in [0.2, 0.25) is 0 Å². The van der Waals surface area contributed by atoms with E-state index in [1.165, 1.54) is 16.0 Å². The van der Waals surface area contributed by atoms with E-state index in [0.717, 1.165) is 36.7 Å². The van der Waals surface area contributed by atoms with Crippen LogP contribution < -0.4 is 9.47 Å². The highest BCUT2D eigenvalue weighted by molar-refractivity contribution is 7.11. The van der Waals surface area contributed by atoms with Gasteiger partial charge >= 0.3 is 17.9 Å². The Hall–Kier alpha value is -4.19. The largest absolute Gasteiger partial charge is 0.497 e. The molecule has 0 radical (unpaired) electrons. The van der Waals surface area contributed by atoms with Crippen LogP contribution in [0.25, 0.3) is 11.6 Å². The molecule has 42 heavy (non-hydrogen) atoms. The molecule has 10 nitrogen and oxygen atoms in total. The van der Waals surface area contributed by atoms with Crippen molar-refractivity contribution >= 4 is 40.9 Å². The number of carboxylic acid groups (broad SMARTS) is 3. The Bertz CT molecular complexity index is 1280. The molecule has 3 rings (SSSR count). The maximum Gasteiger partial charge on any atom is 0.336 e. The first-order chi connectivity index (χ1) is 20.0. The van der Waals surface area contributed by atoms with Crippen LogP contribution in [0.1, 0.15) is 42.7 Å². The summed E-state index contributed by atoms with van der Waals surface area (Å²) in [7, 11) is 1.69. The molecule has 4 N–H and O–H groups in total. The van der Waals surface area contributed by atoms with Gasteiger partial charge in [0.1, 0.15) is 18.1 Å². The van der Waals surface area contributed by atoms with Crippen LogP contribution in [0.15, 0.2) is 66.0 Å². The van der Waals surface area contributed by atoms with Gasteiger partial charge in [0.05, 0.1) is 20.0 Å². The minimum atomic E-state index is -2.74. The molecule has 0 aliphatic carbocycles. The van der Waals surface area contributed by atoms with Crippen LogP contribution in [0, 0.1) is 0 Å². The molecule has 0 saturated carbocycles. The van der Waals surface area contributed by atoms with E-state index < -0.39 is 36.4 Å². The molecular formula is C31H37NO9S. The summed E-state index contributed by atoms with van der Waals surface area (Å²) < 4.78 is 11.2. The van der Waals surface area contributed by atoms with Crippen LogP contribution in [0.5, 0.6) is 11.5 Å². The summed E-state index contributed by atoms with van der Waals surface area (Å²) in [5, 5.41) is 35.9. The monoisotopic (exact) mass is 599 g/mol. The number of hydrogen-bond donors (Lipinski definition) is 4. The lowest BCUT2D eigenvalue weighted by atomic mass is 9.96. The number of aliphatic hydroxyl groups is 1. The average molecular weight is 600 g/mol. The van der Waals surface area contributed by atoms with E-state index in [9.17, 15) is 14.4 Å². The van der Waals surface area contributed by atoms with Crippen molar-refractivity contribution in [1.82, 2.24) is 4.90 Å². The van der Waals surface area contributed by atoms with Crippen molar-refractivity contribution < 1.29 is 44.3 Å². The topological polar surface area (TPSA) is 154 Å². The molecule has 2 aromatic carbocycles. The van der Waals surface area contributed by atoms with Gasteiger partial charge in [0.25, 0.3) is 0 Å². The van der Waals surface area contributed by atoms with E-state index in [4.69, 9.17) is 29.9 Å². The number of carbonyl (C=O) groups is 3. The molecule has 0 fully saturated rings. The second-order valence-electron chi connectivity index (χ2n) is 9.19. The quantitative estimate of drug-likeness (QED) is 0.179. The predicted molar refractivity (Wildman–Crippen MR) is 161 cm³/mol. The van der Waals surface area contributed by atoms with Gasteiger partial charge in [-0.2, -0.15) is 0 Å². The molecule has 3 aromatic rings. The molecule has 0 bridgehead atoms. The molecule has 11 heteroatoms. The fourth-order valence-corrected chi connectivity index (χ4v) is 4.64. The summed E-state index contributed by atoms with van der Waals surface area (Å²) in [4.78, 5) is 34.1. The summed E-state index contributed by atoms with van der Waals surface area (Å²) in [6.45, 7) is 8.13. The third-order valence-electron chi connectivity index (χ3n) is 6.23. The zero-order valence-corrected chi connectivity index (χ0v) is 24.7. The number of nitrogens with zero attached hydrogens (tertiary/aromatic N) is 1. The minimum Gasteiger partial charge on any atom is -0.497 e. The summed E-state index contributed by atoms with van der Waals surface area (Å²) in [6, 6.07) is 20.8. The first-order valence-electron chi connectivity index (χ1n) is 13.3. The van der Waals surface area contributed by atoms with Crippen LogP contribution in [-0.4, -0.2) is 82.2 Å². The lowest BCUT2D eigenvalue weighted by molar-refractivity contribution is -0.170. The highest BCUT2D eigenvalue weighted by atomic mass is 32.1. The molecule has 0 aliphatic rings. The summed E-state index contributed by atoms with van der Waals surface area (Å²) in [5.74, 6) is -3.24. The summed E-state index contributed by atoms with van der Waals surface area (Å²) in [5.41, 5.74) is 0.797. The first kappa shape index (κ1) is 34.0. The van der Waals surface area contributed by atoms with Gasteiger partial charge in [-0.15, -0.1) is 11.3 Å². The molecular weight excluding hydrogens is 562 g/mol. The number of aliphatic carboxylic acids is 3. The second-order valence-corrected chi connectivity index (χ2v) is 10.1. The van der Waals surface area contributed by atoms with Gasteiger partial charge in [-0.1, -0.05) is 44.2 Å². The number of ether oxygens (including phenoxy) is 2. The van der Waals surface area contributed by atoms with Crippen molar-refractivity contribution in [2.24, 2.45) is 0 Å². The molecule has 0 unspecified atom stereocenters. The summed E-state index contributed by atoms with van der Waals surface area (Å²) >= 11 is 1.75. The third kappa shape index (κ3) is 11.0. The Morgan fingerprint density at radius 1 is 0.881 bits per heavy atom. The molecule has 0 saturated heterocycles. The number of rotatable bonds is 15. The number of likely N-dealkylation sites (N-methyl/N-ethyl adjacent to an activating group) is 1. The van der Waals surface area contributed by atoms with Gasteiger partial charge in [0, 0.05) is 11.4 Å². The molecule has 0 amide bonds. The standard InChI is InChI=1S/C25H29NO2S.C6H8O7/c1-4-26(5-2)16-17-28-23-14-10-21(11-15-23)24(25-7-6-18-29-25)19-20-8-12-22(27-3)13-9-20;7-3(8)1-6(13,5(11)12)2-4(9)10/h6-15,18-19H,4-5,16-17H2,1-3H3;13H,1-2H2,(H,7,8)(H,9,10)(H,11,12)/b24-19-;. The molecule has 0 aliphatic heterocycles. The fraction of sp³-hybridized carbons (Fsp3) is 0.323. The SMILES string of the molecule is CCN(CC)CCOc1ccc(/C(=C/c2ccc(OC)cc2)c2cccs2)cc1.O=C(O)CC(O)(CC(=O)O)C(=O)O. The Balaban J connectivity index is 0.000000401. The van der Waals surface area contributed by atoms with Crippen molar-refractivity contribution in [2.75, 3.05) is 33.4 Å². The van der Waals surface area contributed by atoms with Gasteiger partial charge in [-0.05, 0) is 71.6 Å². The second kappa shape index (κ2) is 16.9. The van der Waals surface area contributed by atoms with E-state index in [1.807, 2.05) is 12.1 Å². The highest BCUT2D eigenvalue weighted by Crippen LogP contribution is 2.31. The lowest BCUT2D eigenvalue weighted by Gasteiger charge is -2.18. The average Bonchev–Trinajstić information content (AvgIpc) is 3.49. The van der Waals surface area contributed by atoms with E-state index in [2.05, 4.69) is 78.7 Å². The lowest BCUT2D eigenvalue weighted by Crippen LogP contribution is -2.42. The van der Waals surface area contributed by atoms with Gasteiger partial charge in [-0.3, -0.25) is 9.59 Å². The number of hydrogen-bond acceptors (Lipinski definition) is 8. The van der Waals surface area contributed by atoms with E-state index in [1.54, 1.807) is 18.4 Å². The summed E-state index contributed by atoms with van der Waals surface area (Å²) in [6.07, 6.45) is -0.0647. The van der Waals surface area contributed by atoms with Crippen molar-refractivity contribution in [3.63, 3.8) is 0 Å². The van der Waals surface area contributed by atoms with Crippen LogP contribution in [0.2, 0.25) is 0 Å². The Kier molecular flexibility index (Phi) is 13.7. The normalized spacial score (nSPS) is 11.4. The number of methoxy groups -OCH3 is 1. The van der Waals surface area contributed by atoms with Crippen molar-refractivity contribution in [1.29, 1.82) is 0 Å². The van der Waals surface area contributed by atoms with Gasteiger partial charge < -0.3 is 34.8 Å². The Morgan fingerprint density at radius 2 is 1.45 bits per heavy atom. The van der Waals surface area contributed by atoms with Crippen LogP contribution in [0.4, 0.5) is 0 Å².